The van der Waals surface area contributed by atoms with E-state index in [4.69, 9.17) is 0 Å². The van der Waals surface area contributed by atoms with E-state index >= 15 is 0 Å². The highest BCUT2D eigenvalue weighted by Gasteiger charge is 2.55. The molecule has 2 fully saturated rings. The highest BCUT2D eigenvalue weighted by molar-refractivity contribution is 6.19. The van der Waals surface area contributed by atoms with Gasteiger partial charge in [-0.15, -0.1) is 0 Å². The molecular weight excluding hydrogens is 208 g/mol. The van der Waals surface area contributed by atoms with Crippen LogP contribution in [0.3, 0.4) is 0 Å². The fourth-order valence-electron chi connectivity index (χ4n) is 2.96. The Morgan fingerprint density at radius 1 is 1.19 bits per heavy atom. The van der Waals surface area contributed by atoms with E-state index in [0.29, 0.717) is 6.42 Å². The third kappa shape index (κ3) is 1.42. The van der Waals surface area contributed by atoms with Crippen LogP contribution in [0.4, 0.5) is 4.79 Å². The first kappa shape index (κ1) is 11.1. The van der Waals surface area contributed by atoms with Gasteiger partial charge in [0.05, 0.1) is 0 Å². The Kier molecular flexibility index (Phi) is 2.69. The van der Waals surface area contributed by atoms with Gasteiger partial charge >= 0.3 is 6.03 Å². The van der Waals surface area contributed by atoms with E-state index in [2.05, 4.69) is 10.6 Å². The summed E-state index contributed by atoms with van der Waals surface area (Å²) < 4.78 is 0. The number of hydrogen-bond donors (Lipinski definition) is 2. The Morgan fingerprint density at radius 3 is 2.38 bits per heavy atom. The molecule has 1 atom stereocenters. The maximum Gasteiger partial charge on any atom is 0.328 e. The van der Waals surface area contributed by atoms with Gasteiger partial charge in [0, 0.05) is 0 Å². The lowest BCUT2D eigenvalue weighted by atomic mass is 9.63. The summed E-state index contributed by atoms with van der Waals surface area (Å²) in [5.74, 6) is -0.769. The molecule has 1 spiro atoms. The third-order valence-electron chi connectivity index (χ3n) is 3.83. The molecule has 0 aromatic carbocycles. The third-order valence-corrected chi connectivity index (χ3v) is 3.83. The molecule has 1 saturated heterocycles. The van der Waals surface area contributed by atoms with Gasteiger partial charge in [-0.25, -0.2) is 4.79 Å². The quantitative estimate of drug-likeness (QED) is 0.651. The number of carbonyl (C=O) groups is 3. The average Bonchev–Trinajstić information content (AvgIpc) is 2.26. The van der Waals surface area contributed by atoms with E-state index in [-0.39, 0.29) is 5.92 Å². The number of hydrogen-bond acceptors (Lipinski definition) is 3. The summed E-state index contributed by atoms with van der Waals surface area (Å²) in [7, 11) is 0. The number of amides is 4. The smallest absolute Gasteiger partial charge is 0.277 e. The van der Waals surface area contributed by atoms with E-state index in [0.717, 1.165) is 25.7 Å². The Labute approximate surface area is 94.0 Å². The molecule has 1 unspecified atom stereocenters. The Morgan fingerprint density at radius 2 is 1.81 bits per heavy atom. The minimum Gasteiger partial charge on any atom is -0.277 e. The number of nitrogens with one attached hydrogen (secondary N) is 2. The number of barbiturate groups is 1. The molecular formula is C11H16N2O3. The summed E-state index contributed by atoms with van der Waals surface area (Å²) in [6.45, 7) is 1.98. The standard InChI is InChI=1S/C11H16N2O3/c1-2-7-5-3-4-6-11(7)8(14)12-10(16)13-9(11)15/h7H,2-6H2,1H3,(H2,12,13,14,15,16). The van der Waals surface area contributed by atoms with Crippen LogP contribution in [0, 0.1) is 11.3 Å². The summed E-state index contributed by atoms with van der Waals surface area (Å²) in [5.41, 5.74) is -0.999. The van der Waals surface area contributed by atoms with Crippen LogP contribution < -0.4 is 10.6 Å². The van der Waals surface area contributed by atoms with Crippen LogP contribution >= 0.6 is 0 Å². The van der Waals surface area contributed by atoms with Crippen molar-refractivity contribution in [2.75, 3.05) is 0 Å². The van der Waals surface area contributed by atoms with Gasteiger partial charge in [0.25, 0.3) is 0 Å². The number of urea groups is 1. The van der Waals surface area contributed by atoms with E-state index in [1.807, 2.05) is 6.92 Å². The van der Waals surface area contributed by atoms with Crippen LogP contribution in [0.1, 0.15) is 39.0 Å². The van der Waals surface area contributed by atoms with Crippen molar-refractivity contribution >= 4 is 17.8 Å². The van der Waals surface area contributed by atoms with E-state index in [1.165, 1.54) is 0 Å². The van der Waals surface area contributed by atoms with Crippen molar-refractivity contribution in [2.24, 2.45) is 11.3 Å². The molecule has 5 heteroatoms. The maximum absolute atomic E-state index is 12.0. The van der Waals surface area contributed by atoms with Crippen LogP contribution in [0.25, 0.3) is 0 Å². The van der Waals surface area contributed by atoms with Crippen molar-refractivity contribution in [3.8, 4) is 0 Å². The van der Waals surface area contributed by atoms with Crippen molar-refractivity contribution in [1.82, 2.24) is 10.6 Å². The lowest BCUT2D eigenvalue weighted by Crippen LogP contribution is -2.65. The van der Waals surface area contributed by atoms with Crippen molar-refractivity contribution in [2.45, 2.75) is 39.0 Å². The van der Waals surface area contributed by atoms with Crippen molar-refractivity contribution in [3.05, 3.63) is 0 Å². The highest BCUT2D eigenvalue weighted by Crippen LogP contribution is 2.44. The van der Waals surface area contributed by atoms with Crippen LogP contribution in [0.2, 0.25) is 0 Å². The van der Waals surface area contributed by atoms with Crippen LogP contribution in [-0.4, -0.2) is 17.8 Å². The molecule has 1 aliphatic carbocycles. The summed E-state index contributed by atoms with van der Waals surface area (Å²) in [6.07, 6.45) is 4.14. The second kappa shape index (κ2) is 3.88. The zero-order valence-electron chi connectivity index (χ0n) is 9.34. The second-order valence-electron chi connectivity index (χ2n) is 4.56. The first-order valence-electron chi connectivity index (χ1n) is 5.78. The van der Waals surface area contributed by atoms with Gasteiger partial charge in [-0.2, -0.15) is 0 Å². The van der Waals surface area contributed by atoms with Gasteiger partial charge in [0.2, 0.25) is 11.8 Å². The van der Waals surface area contributed by atoms with Gasteiger partial charge < -0.3 is 0 Å². The fourth-order valence-corrected chi connectivity index (χ4v) is 2.96. The van der Waals surface area contributed by atoms with Gasteiger partial charge in [0.1, 0.15) is 5.41 Å². The number of rotatable bonds is 1. The first-order chi connectivity index (χ1) is 7.61. The van der Waals surface area contributed by atoms with Crippen LogP contribution in [-0.2, 0) is 9.59 Å². The zero-order chi connectivity index (χ0) is 11.8. The van der Waals surface area contributed by atoms with Gasteiger partial charge in [-0.1, -0.05) is 26.2 Å². The molecule has 0 aromatic heterocycles. The van der Waals surface area contributed by atoms with Crippen molar-refractivity contribution in [3.63, 3.8) is 0 Å². The van der Waals surface area contributed by atoms with Crippen molar-refractivity contribution < 1.29 is 14.4 Å². The summed E-state index contributed by atoms with van der Waals surface area (Å²) in [6, 6.07) is -0.693. The molecule has 2 N–H and O–H groups in total. The van der Waals surface area contributed by atoms with E-state index < -0.39 is 23.3 Å². The summed E-state index contributed by atoms with van der Waals surface area (Å²) in [5, 5.41) is 4.45. The number of carbonyl (C=O) groups excluding carboxylic acids is 3. The molecule has 2 aliphatic rings. The molecule has 16 heavy (non-hydrogen) atoms. The van der Waals surface area contributed by atoms with E-state index in [9.17, 15) is 14.4 Å². The summed E-state index contributed by atoms with van der Waals surface area (Å²) in [4.78, 5) is 35.0. The van der Waals surface area contributed by atoms with Gasteiger partial charge in [0.15, 0.2) is 0 Å². The predicted octanol–water partition coefficient (Wildman–Crippen LogP) is 0.939. The second-order valence-corrected chi connectivity index (χ2v) is 4.56. The fraction of sp³-hybridized carbons (Fsp3) is 0.727. The molecule has 1 aliphatic heterocycles. The van der Waals surface area contributed by atoms with Gasteiger partial charge in [-0.3, -0.25) is 20.2 Å². The monoisotopic (exact) mass is 224 g/mol. The molecule has 2 rings (SSSR count). The molecule has 0 bridgehead atoms. The van der Waals surface area contributed by atoms with Crippen LogP contribution in [0.15, 0.2) is 0 Å². The molecule has 88 valence electrons. The Hall–Kier alpha value is -1.39. The van der Waals surface area contributed by atoms with Crippen LogP contribution in [0.5, 0.6) is 0 Å². The Bertz CT molecular complexity index is 331. The largest absolute Gasteiger partial charge is 0.328 e. The average molecular weight is 224 g/mol. The molecule has 4 amide bonds. The lowest BCUT2D eigenvalue weighted by molar-refractivity contribution is -0.151. The molecule has 1 heterocycles. The minimum atomic E-state index is -0.999. The Balaban J connectivity index is 2.36. The topological polar surface area (TPSA) is 75.3 Å². The van der Waals surface area contributed by atoms with E-state index in [1.54, 1.807) is 0 Å². The molecule has 0 radical (unpaired) electrons. The maximum atomic E-state index is 12.0. The zero-order valence-corrected chi connectivity index (χ0v) is 9.34. The highest BCUT2D eigenvalue weighted by atomic mass is 16.2. The summed E-state index contributed by atoms with van der Waals surface area (Å²) >= 11 is 0. The van der Waals surface area contributed by atoms with Gasteiger partial charge in [-0.05, 0) is 18.8 Å². The predicted molar refractivity (Wildman–Crippen MR) is 56.4 cm³/mol. The SMILES string of the molecule is CCC1CCCCC12C(=O)NC(=O)NC2=O. The minimum absolute atomic E-state index is 0.0503. The number of imide groups is 2. The normalized spacial score (nSPS) is 28.8. The first-order valence-corrected chi connectivity index (χ1v) is 5.78. The molecule has 1 saturated carbocycles. The lowest BCUT2D eigenvalue weighted by Gasteiger charge is -2.42. The molecule has 0 aromatic rings. The van der Waals surface area contributed by atoms with Crippen molar-refractivity contribution in [1.29, 1.82) is 0 Å². The molecule has 5 nitrogen and oxygen atoms in total.